The van der Waals surface area contributed by atoms with Crippen molar-refractivity contribution >= 4 is 17.9 Å². The molecule has 3 heterocycles. The number of carboxylic acid groups (broad SMARTS) is 3. The Kier molecular flexibility index (Phi) is 12.5. The molecule has 0 bridgehead atoms. The molecule has 3 aromatic rings. The second-order valence-corrected chi connectivity index (χ2v) is 4.13. The Morgan fingerprint density at radius 2 is 0.786 bits per heavy atom. The zero-order valence-electron chi connectivity index (χ0n) is 13.7. The van der Waals surface area contributed by atoms with Gasteiger partial charge in [0.1, 0.15) is 17.1 Å². The molecule has 0 aliphatic heterocycles. The molecule has 0 aliphatic rings. The summed E-state index contributed by atoms with van der Waals surface area (Å²) in [5, 5.41) is 30.0. The number of aromatic nitrogens is 6. The molecule has 3 rings (SSSR count). The van der Waals surface area contributed by atoms with Crippen LogP contribution < -0.4 is 15.3 Å². The van der Waals surface area contributed by atoms with E-state index in [4.69, 9.17) is 0 Å². The fourth-order valence-corrected chi connectivity index (χ4v) is 1.21. The maximum Gasteiger partial charge on any atom is 3.00 e. The number of aromatic carboxylic acids is 3. The van der Waals surface area contributed by atoms with Crippen molar-refractivity contribution in [3.05, 3.63) is 72.9 Å². The van der Waals surface area contributed by atoms with Crippen LogP contribution in [0, 0.1) is 38.6 Å². The number of carbonyl (C=O) groups is 3. The first-order valence-electron chi connectivity index (χ1n) is 6.84. The first kappa shape index (κ1) is 24.9. The van der Waals surface area contributed by atoms with E-state index in [9.17, 15) is 29.7 Å². The van der Waals surface area contributed by atoms with Crippen LogP contribution >= 0.6 is 0 Å². The standard InChI is InChI=1S/3C5H4N2O2.Tb/c3*8-5(9)4-3-6-1-2-7-4;/h3*1-3H,(H,8,9);/q;;;+3/p-3. The van der Waals surface area contributed by atoms with Gasteiger partial charge in [-0.3, -0.25) is 29.9 Å². The second-order valence-electron chi connectivity index (χ2n) is 4.13. The van der Waals surface area contributed by atoms with E-state index in [0.29, 0.717) is 0 Å². The number of nitrogens with zero attached hydrogens (tertiary/aromatic N) is 6. The molecular weight excluding hydrogens is 519 g/mol. The monoisotopic (exact) mass is 528 g/mol. The third-order valence-corrected chi connectivity index (χ3v) is 2.32. The molecule has 144 valence electrons. The van der Waals surface area contributed by atoms with Gasteiger partial charge in [-0.05, 0) is 0 Å². The van der Waals surface area contributed by atoms with Gasteiger partial charge in [-0.1, -0.05) is 0 Å². The van der Waals surface area contributed by atoms with E-state index >= 15 is 0 Å². The molecule has 0 aromatic carbocycles. The Morgan fingerprint density at radius 3 is 0.893 bits per heavy atom. The zero-order chi connectivity index (χ0) is 20.1. The van der Waals surface area contributed by atoms with E-state index in [0.717, 1.165) is 18.6 Å². The van der Waals surface area contributed by atoms with Crippen LogP contribution in [-0.2, 0) is 0 Å². The van der Waals surface area contributed by atoms with E-state index < -0.39 is 17.9 Å². The summed E-state index contributed by atoms with van der Waals surface area (Å²) in [5.74, 6) is -3.91. The third kappa shape index (κ3) is 10.2. The van der Waals surface area contributed by atoms with Crippen molar-refractivity contribution in [2.75, 3.05) is 0 Å². The molecule has 3 aromatic heterocycles. The van der Waals surface area contributed by atoms with Gasteiger partial charge in [0, 0.05) is 37.2 Å². The molecule has 12 nitrogen and oxygen atoms in total. The van der Waals surface area contributed by atoms with Crippen molar-refractivity contribution in [2.24, 2.45) is 0 Å². The van der Waals surface area contributed by atoms with Gasteiger partial charge >= 0.3 is 38.6 Å². The number of hydrogen-bond donors (Lipinski definition) is 0. The van der Waals surface area contributed by atoms with Crippen LogP contribution in [0.5, 0.6) is 0 Å². The van der Waals surface area contributed by atoms with Gasteiger partial charge in [0.05, 0.1) is 36.5 Å². The maximum absolute atomic E-state index is 9.99. The maximum atomic E-state index is 9.99. The molecule has 13 heteroatoms. The number of carboxylic acids is 3. The average Bonchev–Trinajstić information content (AvgIpc) is 2.71. The predicted molar refractivity (Wildman–Crippen MR) is 79.1 cm³/mol. The van der Waals surface area contributed by atoms with Crippen molar-refractivity contribution in [1.82, 2.24) is 29.9 Å². The van der Waals surface area contributed by atoms with Gasteiger partial charge in [-0.25, -0.2) is 0 Å². The van der Waals surface area contributed by atoms with Gasteiger partial charge < -0.3 is 29.7 Å². The van der Waals surface area contributed by atoms with E-state index in [1.807, 2.05) is 0 Å². The molecule has 0 spiro atoms. The molecule has 0 aliphatic carbocycles. The summed E-state index contributed by atoms with van der Waals surface area (Å²) in [6.07, 6.45) is 11.5. The van der Waals surface area contributed by atoms with Crippen LogP contribution in [0.15, 0.2) is 55.8 Å². The first-order valence-corrected chi connectivity index (χ1v) is 6.84. The van der Waals surface area contributed by atoms with Gasteiger partial charge in [0.15, 0.2) is 0 Å². The fourth-order valence-electron chi connectivity index (χ4n) is 1.21. The van der Waals surface area contributed by atoms with Crippen molar-refractivity contribution < 1.29 is 68.3 Å². The summed E-state index contributed by atoms with van der Waals surface area (Å²) in [6, 6.07) is 0. The van der Waals surface area contributed by atoms with Crippen LogP contribution in [0.4, 0.5) is 0 Å². The molecule has 0 saturated carbocycles. The molecule has 0 fully saturated rings. The minimum Gasteiger partial charge on any atom is -0.543 e. The first-order chi connectivity index (χ1) is 12.9. The van der Waals surface area contributed by atoms with Crippen LogP contribution in [0.3, 0.4) is 0 Å². The smallest absolute Gasteiger partial charge is 0.543 e. The normalized spacial score (nSPS) is 8.57. The average molecular weight is 528 g/mol. The minimum atomic E-state index is -1.30. The van der Waals surface area contributed by atoms with E-state index in [-0.39, 0.29) is 55.7 Å². The molecule has 28 heavy (non-hydrogen) atoms. The van der Waals surface area contributed by atoms with Crippen LogP contribution in [0.1, 0.15) is 31.5 Å². The molecule has 0 saturated heterocycles. The van der Waals surface area contributed by atoms with Gasteiger partial charge in [-0.15, -0.1) is 0 Å². The second kappa shape index (κ2) is 14.1. The molecular formula is C15H9N6O6Tb. The SMILES string of the molecule is O=C([O-])c1cnccn1.O=C([O-])c1cnccn1.O=C([O-])c1cnccn1.[Tb+3]. The summed E-state index contributed by atoms with van der Waals surface area (Å²) in [6.45, 7) is 0. The summed E-state index contributed by atoms with van der Waals surface area (Å²) >= 11 is 0. The van der Waals surface area contributed by atoms with Crippen LogP contribution in [0.25, 0.3) is 0 Å². The molecule has 0 radical (unpaired) electrons. The minimum absolute atomic E-state index is 0. The fraction of sp³-hybridized carbons (Fsp3) is 0. The summed E-state index contributed by atoms with van der Waals surface area (Å²) in [4.78, 5) is 50.9. The molecule has 0 amide bonds. The summed E-state index contributed by atoms with van der Waals surface area (Å²) in [7, 11) is 0. The zero-order valence-corrected chi connectivity index (χ0v) is 15.8. The number of hydrogen-bond acceptors (Lipinski definition) is 12. The Labute approximate surface area is 188 Å². The van der Waals surface area contributed by atoms with Gasteiger partial charge in [0.2, 0.25) is 0 Å². The van der Waals surface area contributed by atoms with Crippen molar-refractivity contribution in [3.8, 4) is 0 Å². The largest absolute Gasteiger partial charge is 3.00 e. The van der Waals surface area contributed by atoms with E-state index in [2.05, 4.69) is 29.9 Å². The molecule has 0 atom stereocenters. The Hall–Kier alpha value is -3.06. The van der Waals surface area contributed by atoms with E-state index in [1.54, 1.807) is 0 Å². The van der Waals surface area contributed by atoms with Crippen LogP contribution in [-0.4, -0.2) is 47.8 Å². The van der Waals surface area contributed by atoms with Crippen molar-refractivity contribution in [3.63, 3.8) is 0 Å². The summed E-state index contributed by atoms with van der Waals surface area (Å²) < 4.78 is 0. The molecule has 0 unspecified atom stereocenters. The number of rotatable bonds is 3. The van der Waals surface area contributed by atoms with Crippen molar-refractivity contribution in [2.45, 2.75) is 0 Å². The van der Waals surface area contributed by atoms with Crippen LogP contribution in [0.2, 0.25) is 0 Å². The topological polar surface area (TPSA) is 198 Å². The summed E-state index contributed by atoms with van der Waals surface area (Å²) in [5.41, 5.74) is -0.424. The number of carbonyl (C=O) groups excluding carboxylic acids is 3. The Balaban J connectivity index is 0.000000384. The van der Waals surface area contributed by atoms with E-state index in [1.165, 1.54) is 37.2 Å². The molecule has 0 N–H and O–H groups in total. The van der Waals surface area contributed by atoms with Gasteiger partial charge in [0.25, 0.3) is 0 Å². The Bertz CT molecular complexity index is 752. The quantitative estimate of drug-likeness (QED) is 0.326. The van der Waals surface area contributed by atoms with Crippen molar-refractivity contribution in [1.29, 1.82) is 0 Å². The predicted octanol–water partition coefficient (Wildman–Crippen LogP) is -3.48. The van der Waals surface area contributed by atoms with Gasteiger partial charge in [-0.2, -0.15) is 0 Å². The third-order valence-electron chi connectivity index (χ3n) is 2.32. The Morgan fingerprint density at radius 1 is 0.536 bits per heavy atom.